The quantitative estimate of drug-likeness (QED) is 0.816. The van der Waals surface area contributed by atoms with Gasteiger partial charge in [0.2, 0.25) is 5.91 Å². The van der Waals surface area contributed by atoms with Crippen LogP contribution in [-0.2, 0) is 22.4 Å². The van der Waals surface area contributed by atoms with Crippen LogP contribution in [0, 0.1) is 5.92 Å². The van der Waals surface area contributed by atoms with Crippen LogP contribution in [-0.4, -0.2) is 35.7 Å². The lowest BCUT2D eigenvalue weighted by Gasteiger charge is -2.16. The van der Waals surface area contributed by atoms with Crippen LogP contribution in [0.15, 0.2) is 6.07 Å². The fourth-order valence-corrected chi connectivity index (χ4v) is 4.19. The fraction of sp³-hybridized carbons (Fsp3) is 0.562. The number of nitrogens with one attached hydrogen (secondary N) is 2. The molecule has 0 spiro atoms. The van der Waals surface area contributed by atoms with Gasteiger partial charge in [0.05, 0.1) is 4.88 Å². The Kier molecular flexibility index (Phi) is 4.66. The molecule has 3 rings (SSSR count). The van der Waals surface area contributed by atoms with E-state index in [-0.39, 0.29) is 24.3 Å². The molecule has 0 unspecified atom stereocenters. The van der Waals surface area contributed by atoms with E-state index >= 15 is 0 Å². The summed E-state index contributed by atoms with van der Waals surface area (Å²) in [6.45, 7) is 2.83. The van der Waals surface area contributed by atoms with Crippen LogP contribution in [0.4, 0.5) is 0 Å². The Labute approximate surface area is 139 Å². The lowest BCUT2D eigenvalue weighted by atomic mass is 9.90. The Morgan fingerprint density at radius 1 is 1.35 bits per heavy atom. The number of aryl methyl sites for hydroxylation is 1. The van der Waals surface area contributed by atoms with Gasteiger partial charge in [-0.05, 0) is 43.2 Å². The largest absolute Gasteiger partial charge is 0.333 e. The highest BCUT2D eigenvalue weighted by Gasteiger charge is 2.23. The molecule has 2 N–H and O–H groups in total. The first-order valence-electron chi connectivity index (χ1n) is 8.01. The fourth-order valence-electron chi connectivity index (χ4n) is 3.09. The van der Waals surface area contributed by atoms with Crippen LogP contribution in [0.2, 0.25) is 0 Å². The number of carbonyl (C=O) groups is 3. The molecule has 0 radical (unpaired) electrons. The molecule has 3 amide bonds. The molecule has 2 heterocycles. The summed E-state index contributed by atoms with van der Waals surface area (Å²) in [5.74, 6) is -0.0149. The number of nitrogens with zero attached hydrogens (tertiary/aromatic N) is 1. The Bertz CT molecular complexity index is 641. The number of hydrogen-bond donors (Lipinski definition) is 2. The molecule has 1 aliphatic carbocycles. The second-order valence-corrected chi connectivity index (χ2v) is 7.46. The minimum Gasteiger partial charge on any atom is -0.333 e. The van der Waals surface area contributed by atoms with Crippen LogP contribution in [0.3, 0.4) is 0 Å². The smallest absolute Gasteiger partial charge is 0.279 e. The van der Waals surface area contributed by atoms with E-state index in [2.05, 4.69) is 17.8 Å². The van der Waals surface area contributed by atoms with Gasteiger partial charge in [0.25, 0.3) is 11.8 Å². The van der Waals surface area contributed by atoms with Crippen molar-refractivity contribution in [3.05, 3.63) is 21.4 Å². The van der Waals surface area contributed by atoms with Crippen molar-refractivity contribution in [2.24, 2.45) is 5.92 Å². The van der Waals surface area contributed by atoms with E-state index in [0.717, 1.165) is 25.7 Å². The van der Waals surface area contributed by atoms with Crippen LogP contribution < -0.4 is 10.9 Å². The number of fused-ring (bicyclic) bond motifs is 1. The van der Waals surface area contributed by atoms with Crippen molar-refractivity contribution >= 4 is 29.1 Å². The minimum absolute atomic E-state index is 0.00241. The van der Waals surface area contributed by atoms with Gasteiger partial charge in [-0.1, -0.05) is 6.92 Å². The molecule has 1 fully saturated rings. The lowest BCUT2D eigenvalue weighted by molar-refractivity contribution is -0.133. The van der Waals surface area contributed by atoms with Gasteiger partial charge >= 0.3 is 0 Å². The van der Waals surface area contributed by atoms with Crippen LogP contribution in [0.5, 0.6) is 0 Å². The number of carbonyl (C=O) groups excluding carboxylic acids is 3. The Morgan fingerprint density at radius 3 is 2.91 bits per heavy atom. The van der Waals surface area contributed by atoms with Crippen molar-refractivity contribution in [1.82, 2.24) is 15.8 Å². The average Bonchev–Trinajstić information content (AvgIpc) is 3.11. The van der Waals surface area contributed by atoms with Crippen LogP contribution in [0.1, 0.15) is 46.3 Å². The molecule has 0 saturated carbocycles. The van der Waals surface area contributed by atoms with Gasteiger partial charge in [-0.15, -0.1) is 11.3 Å². The van der Waals surface area contributed by atoms with Crippen molar-refractivity contribution < 1.29 is 14.4 Å². The number of thiophene rings is 1. The zero-order chi connectivity index (χ0) is 16.4. The maximum Gasteiger partial charge on any atom is 0.279 e. The monoisotopic (exact) mass is 335 g/mol. The standard InChI is InChI=1S/C16H21N3O3S/c1-10-4-5-12-11(7-10)8-13(23-12)16(22)18-17-14(20)9-19-6-2-3-15(19)21/h8,10H,2-7,9H2,1H3,(H,17,20)(H,18,22)/t10-/m1/s1. The number of likely N-dealkylation sites (tertiary alicyclic amines) is 1. The molecule has 1 aromatic heterocycles. The maximum absolute atomic E-state index is 12.2. The van der Waals surface area contributed by atoms with Gasteiger partial charge in [-0.25, -0.2) is 0 Å². The van der Waals surface area contributed by atoms with Gasteiger partial charge in [0, 0.05) is 17.8 Å². The third-order valence-corrected chi connectivity index (χ3v) is 5.61. The predicted octanol–water partition coefficient (Wildman–Crippen LogP) is 1.26. The van der Waals surface area contributed by atoms with E-state index < -0.39 is 0 Å². The normalized spacial score (nSPS) is 20.3. The highest BCUT2D eigenvalue weighted by atomic mass is 32.1. The summed E-state index contributed by atoms with van der Waals surface area (Å²) < 4.78 is 0. The molecule has 23 heavy (non-hydrogen) atoms. The molecular weight excluding hydrogens is 314 g/mol. The van der Waals surface area contributed by atoms with E-state index in [4.69, 9.17) is 0 Å². The summed E-state index contributed by atoms with van der Waals surface area (Å²) in [5.41, 5.74) is 6.09. The van der Waals surface area contributed by atoms with E-state index in [1.54, 1.807) is 0 Å². The SMILES string of the molecule is C[C@@H]1CCc2sc(C(=O)NNC(=O)CN3CCCC3=O)cc2C1. The predicted molar refractivity (Wildman–Crippen MR) is 86.9 cm³/mol. The van der Waals surface area contributed by atoms with E-state index in [0.29, 0.717) is 23.8 Å². The maximum atomic E-state index is 12.2. The first kappa shape index (κ1) is 16.0. The lowest BCUT2D eigenvalue weighted by Crippen LogP contribution is -2.46. The molecule has 1 atom stereocenters. The van der Waals surface area contributed by atoms with Gasteiger partial charge in [0.1, 0.15) is 6.54 Å². The Hall–Kier alpha value is -1.89. The van der Waals surface area contributed by atoms with Crippen LogP contribution in [0.25, 0.3) is 0 Å². The molecular formula is C16H21N3O3S. The molecule has 0 aromatic carbocycles. The van der Waals surface area contributed by atoms with Crippen molar-refractivity contribution in [2.75, 3.05) is 13.1 Å². The average molecular weight is 335 g/mol. The second-order valence-electron chi connectivity index (χ2n) is 6.33. The molecule has 1 saturated heterocycles. The molecule has 1 aromatic rings. The van der Waals surface area contributed by atoms with Crippen molar-refractivity contribution in [3.63, 3.8) is 0 Å². The Morgan fingerprint density at radius 2 is 2.17 bits per heavy atom. The highest BCUT2D eigenvalue weighted by molar-refractivity contribution is 7.14. The molecule has 2 aliphatic rings. The number of amides is 3. The number of rotatable bonds is 3. The zero-order valence-corrected chi connectivity index (χ0v) is 14.0. The molecule has 124 valence electrons. The third kappa shape index (κ3) is 3.72. The summed E-state index contributed by atoms with van der Waals surface area (Å²) >= 11 is 1.50. The van der Waals surface area contributed by atoms with E-state index in [9.17, 15) is 14.4 Å². The Balaban J connectivity index is 1.51. The summed E-state index contributed by atoms with van der Waals surface area (Å²) in [7, 11) is 0. The van der Waals surface area contributed by atoms with Gasteiger partial charge < -0.3 is 4.90 Å². The number of hydrazine groups is 1. The van der Waals surface area contributed by atoms with Crippen LogP contribution >= 0.6 is 11.3 Å². The third-order valence-electron chi connectivity index (χ3n) is 4.37. The summed E-state index contributed by atoms with van der Waals surface area (Å²) in [4.78, 5) is 38.8. The zero-order valence-electron chi connectivity index (χ0n) is 13.2. The van der Waals surface area contributed by atoms with E-state index in [1.807, 2.05) is 6.07 Å². The van der Waals surface area contributed by atoms with Gasteiger partial charge in [0.15, 0.2) is 0 Å². The summed E-state index contributed by atoms with van der Waals surface area (Å²) in [5, 5.41) is 0. The number of hydrogen-bond acceptors (Lipinski definition) is 4. The second kappa shape index (κ2) is 6.70. The molecule has 7 heteroatoms. The van der Waals surface area contributed by atoms with Crippen molar-refractivity contribution in [1.29, 1.82) is 0 Å². The van der Waals surface area contributed by atoms with E-state index in [1.165, 1.54) is 26.7 Å². The van der Waals surface area contributed by atoms with Crippen molar-refractivity contribution in [2.45, 2.75) is 39.0 Å². The summed E-state index contributed by atoms with van der Waals surface area (Å²) in [6.07, 6.45) is 4.49. The highest BCUT2D eigenvalue weighted by Crippen LogP contribution is 2.32. The first-order valence-corrected chi connectivity index (χ1v) is 8.83. The van der Waals surface area contributed by atoms with Gasteiger partial charge in [-0.2, -0.15) is 0 Å². The van der Waals surface area contributed by atoms with Gasteiger partial charge in [-0.3, -0.25) is 25.2 Å². The first-order chi connectivity index (χ1) is 11.0. The molecule has 1 aliphatic heterocycles. The molecule has 0 bridgehead atoms. The molecule has 6 nitrogen and oxygen atoms in total. The minimum atomic E-state index is -0.372. The summed E-state index contributed by atoms with van der Waals surface area (Å²) in [6, 6.07) is 1.93. The topological polar surface area (TPSA) is 78.5 Å². The van der Waals surface area contributed by atoms with Crippen molar-refractivity contribution in [3.8, 4) is 0 Å².